The summed E-state index contributed by atoms with van der Waals surface area (Å²) in [7, 11) is 0. The van der Waals surface area contributed by atoms with Crippen LogP contribution in [-0.4, -0.2) is 38.0 Å². The highest BCUT2D eigenvalue weighted by molar-refractivity contribution is 7.99. The minimum Gasteiger partial charge on any atom is -0.416 e. The second-order valence-corrected chi connectivity index (χ2v) is 9.71. The van der Waals surface area contributed by atoms with Crippen LogP contribution in [0.15, 0.2) is 19.2 Å². The van der Waals surface area contributed by atoms with Crippen molar-refractivity contribution >= 4 is 29.2 Å². The van der Waals surface area contributed by atoms with E-state index in [4.69, 9.17) is 10.2 Å². The molecule has 0 atom stereocenters. The van der Waals surface area contributed by atoms with E-state index in [0.29, 0.717) is 36.5 Å². The smallest absolute Gasteiger partial charge is 0.330 e. The van der Waals surface area contributed by atoms with Crippen molar-refractivity contribution in [3.05, 3.63) is 26.7 Å². The lowest BCUT2D eigenvalue weighted by Gasteiger charge is -2.24. The molecule has 11 heteroatoms. The number of nitrogens with zero attached hydrogens (tertiary/aromatic N) is 4. The van der Waals surface area contributed by atoms with E-state index in [1.165, 1.54) is 15.9 Å². The Morgan fingerprint density at radius 2 is 1.88 bits per heavy atom. The maximum absolute atomic E-state index is 13.3. The quantitative estimate of drug-likeness (QED) is 0.338. The van der Waals surface area contributed by atoms with Crippen molar-refractivity contribution in [3.8, 4) is 0 Å². The van der Waals surface area contributed by atoms with Crippen molar-refractivity contribution < 1.29 is 9.21 Å². The van der Waals surface area contributed by atoms with Crippen LogP contribution >= 0.6 is 11.8 Å². The van der Waals surface area contributed by atoms with Gasteiger partial charge in [0.15, 0.2) is 5.69 Å². The minimum atomic E-state index is -0.650. The van der Waals surface area contributed by atoms with Gasteiger partial charge in [0.25, 0.3) is 10.8 Å². The van der Waals surface area contributed by atoms with Gasteiger partial charge in [-0.3, -0.25) is 19.1 Å². The maximum atomic E-state index is 13.3. The standard InChI is InChI=1S/C23H36N6O4S/c1-3-5-10-14-28(18-19(24)29(13-6-4-2)22(32)25-20(18)31)17(30)15-34-23-27-26-21(33-23)16-11-8-7-9-12-16/h16H,3-15,24H2,1-2H3,(H,25,31,32). The topological polar surface area (TPSA) is 140 Å². The summed E-state index contributed by atoms with van der Waals surface area (Å²) in [5.41, 5.74) is 5.09. The Labute approximate surface area is 203 Å². The number of carbonyl (C=O) groups excluding carboxylic acids is 1. The first kappa shape index (κ1) is 26.1. The average Bonchev–Trinajstić information content (AvgIpc) is 3.31. The normalized spacial score (nSPS) is 14.4. The molecule has 0 aromatic carbocycles. The van der Waals surface area contributed by atoms with E-state index in [1.54, 1.807) is 0 Å². The summed E-state index contributed by atoms with van der Waals surface area (Å²) >= 11 is 1.16. The molecule has 0 bridgehead atoms. The molecule has 3 N–H and O–H groups in total. The van der Waals surface area contributed by atoms with Gasteiger partial charge in [-0.1, -0.05) is 64.1 Å². The molecule has 1 aliphatic rings. The third kappa shape index (κ3) is 6.52. The van der Waals surface area contributed by atoms with E-state index in [9.17, 15) is 14.4 Å². The zero-order valence-corrected chi connectivity index (χ0v) is 21.0. The zero-order chi connectivity index (χ0) is 24.5. The molecule has 2 aromatic rings. The van der Waals surface area contributed by atoms with Gasteiger partial charge in [-0.25, -0.2) is 4.79 Å². The van der Waals surface area contributed by atoms with Gasteiger partial charge in [0.2, 0.25) is 11.8 Å². The number of anilines is 2. The number of amides is 1. The molecule has 188 valence electrons. The fraction of sp³-hybridized carbons (Fsp3) is 0.696. The molecule has 10 nitrogen and oxygen atoms in total. The molecule has 1 saturated carbocycles. The molecule has 0 unspecified atom stereocenters. The van der Waals surface area contributed by atoms with Crippen molar-refractivity contribution in [1.29, 1.82) is 0 Å². The Balaban J connectivity index is 1.78. The van der Waals surface area contributed by atoms with Gasteiger partial charge in [0.1, 0.15) is 5.82 Å². The summed E-state index contributed by atoms with van der Waals surface area (Å²) in [6, 6.07) is 0. The first-order valence-electron chi connectivity index (χ1n) is 12.3. The highest BCUT2D eigenvalue weighted by Gasteiger charge is 2.26. The lowest BCUT2D eigenvalue weighted by molar-refractivity contribution is -0.116. The van der Waals surface area contributed by atoms with Crippen LogP contribution in [0.25, 0.3) is 0 Å². The molecule has 34 heavy (non-hydrogen) atoms. The van der Waals surface area contributed by atoms with Crippen LogP contribution < -0.4 is 21.9 Å². The number of thioether (sulfide) groups is 1. The number of carbonyl (C=O) groups is 1. The molecule has 2 aromatic heterocycles. The molecule has 1 amide bonds. The predicted molar refractivity (Wildman–Crippen MR) is 133 cm³/mol. The summed E-state index contributed by atoms with van der Waals surface area (Å²) in [5, 5.41) is 8.63. The third-order valence-electron chi connectivity index (χ3n) is 6.20. The van der Waals surface area contributed by atoms with Gasteiger partial charge in [0, 0.05) is 19.0 Å². The Hall–Kier alpha value is -2.56. The number of H-pyrrole nitrogens is 1. The maximum Gasteiger partial charge on any atom is 0.330 e. The number of hydrogen-bond donors (Lipinski definition) is 2. The molecule has 0 radical (unpaired) electrons. The SMILES string of the molecule is CCCCCN(C(=O)CSc1nnc(C2CCCCC2)o1)c1c(N)n(CCCC)c(=O)[nH]c1=O. The van der Waals surface area contributed by atoms with Crippen LogP contribution in [0.5, 0.6) is 0 Å². The van der Waals surface area contributed by atoms with Crippen molar-refractivity contribution in [2.24, 2.45) is 0 Å². The van der Waals surface area contributed by atoms with E-state index in [1.807, 2.05) is 6.92 Å². The van der Waals surface area contributed by atoms with Crippen LogP contribution in [-0.2, 0) is 11.3 Å². The Bertz CT molecular complexity index is 1060. The van der Waals surface area contributed by atoms with Gasteiger partial charge in [-0.05, 0) is 25.7 Å². The Morgan fingerprint density at radius 3 is 2.59 bits per heavy atom. The van der Waals surface area contributed by atoms with Gasteiger partial charge in [-0.2, -0.15) is 0 Å². The number of hydrogen-bond acceptors (Lipinski definition) is 8. The molecular weight excluding hydrogens is 456 g/mol. The largest absolute Gasteiger partial charge is 0.416 e. The summed E-state index contributed by atoms with van der Waals surface area (Å²) in [6.07, 6.45) is 9.84. The lowest BCUT2D eigenvalue weighted by Crippen LogP contribution is -2.42. The zero-order valence-electron chi connectivity index (χ0n) is 20.2. The lowest BCUT2D eigenvalue weighted by atomic mass is 9.89. The molecule has 0 saturated heterocycles. The molecule has 2 heterocycles. The molecule has 1 aliphatic carbocycles. The van der Waals surface area contributed by atoms with E-state index >= 15 is 0 Å². The summed E-state index contributed by atoms with van der Waals surface area (Å²) < 4.78 is 7.15. The summed E-state index contributed by atoms with van der Waals surface area (Å²) in [4.78, 5) is 42.0. The van der Waals surface area contributed by atoms with Crippen molar-refractivity contribution in [3.63, 3.8) is 0 Å². The number of rotatable bonds is 12. The van der Waals surface area contributed by atoms with Crippen LogP contribution in [0.1, 0.15) is 89.9 Å². The molecule has 0 aliphatic heterocycles. The number of nitrogen functional groups attached to an aromatic ring is 1. The Morgan fingerprint density at radius 1 is 1.15 bits per heavy atom. The highest BCUT2D eigenvalue weighted by Crippen LogP contribution is 2.33. The summed E-state index contributed by atoms with van der Waals surface area (Å²) in [6.45, 7) is 4.78. The third-order valence-corrected chi connectivity index (χ3v) is 7.00. The van der Waals surface area contributed by atoms with Crippen LogP contribution in [0, 0.1) is 0 Å². The van der Waals surface area contributed by atoms with Gasteiger partial charge in [-0.15, -0.1) is 10.2 Å². The fourth-order valence-electron chi connectivity index (χ4n) is 4.25. The van der Waals surface area contributed by atoms with E-state index in [0.717, 1.165) is 63.1 Å². The first-order chi connectivity index (χ1) is 16.5. The average molecular weight is 493 g/mol. The van der Waals surface area contributed by atoms with Crippen LogP contribution in [0.4, 0.5) is 11.5 Å². The fourth-order valence-corrected chi connectivity index (χ4v) is 4.90. The van der Waals surface area contributed by atoms with Gasteiger partial charge >= 0.3 is 5.69 Å². The van der Waals surface area contributed by atoms with Gasteiger partial charge < -0.3 is 15.1 Å². The summed E-state index contributed by atoms with van der Waals surface area (Å²) in [5.74, 6) is 0.675. The molecular formula is C23H36N6O4S. The number of aromatic nitrogens is 4. The number of nitrogens with one attached hydrogen (secondary N) is 1. The monoisotopic (exact) mass is 492 g/mol. The number of unbranched alkanes of at least 4 members (excludes halogenated alkanes) is 3. The van der Waals surface area contributed by atoms with Crippen molar-refractivity contribution in [2.45, 2.75) is 95.7 Å². The number of aromatic amines is 1. The van der Waals surface area contributed by atoms with Crippen molar-refractivity contribution in [2.75, 3.05) is 22.9 Å². The van der Waals surface area contributed by atoms with E-state index < -0.39 is 11.2 Å². The van der Waals surface area contributed by atoms with E-state index in [2.05, 4.69) is 22.1 Å². The molecule has 3 rings (SSSR count). The first-order valence-corrected chi connectivity index (χ1v) is 13.3. The second-order valence-electron chi connectivity index (χ2n) is 8.78. The van der Waals surface area contributed by atoms with Crippen molar-refractivity contribution in [1.82, 2.24) is 19.7 Å². The van der Waals surface area contributed by atoms with E-state index in [-0.39, 0.29) is 23.2 Å². The molecule has 0 spiro atoms. The minimum absolute atomic E-state index is 0.0192. The Kier molecular flexibility index (Phi) is 9.79. The predicted octanol–water partition coefficient (Wildman–Crippen LogP) is 3.67. The van der Waals surface area contributed by atoms with Gasteiger partial charge in [0.05, 0.1) is 5.75 Å². The number of nitrogens with two attached hydrogens (primary N) is 1. The second kappa shape index (κ2) is 12.8. The van der Waals surface area contributed by atoms with Crippen LogP contribution in [0.2, 0.25) is 0 Å². The van der Waals surface area contributed by atoms with Crippen LogP contribution in [0.3, 0.4) is 0 Å². The highest BCUT2D eigenvalue weighted by atomic mass is 32.2. The molecule has 1 fully saturated rings.